The van der Waals surface area contributed by atoms with Crippen molar-refractivity contribution < 1.29 is 10.3 Å². The van der Waals surface area contributed by atoms with E-state index in [1.54, 1.807) is 6.07 Å². The predicted molar refractivity (Wildman–Crippen MR) is 54.6 cm³/mol. The standard InChI is InChI=1S/C10H14N2O2/c1-2-7-3-4-9(13)8(5-7)6-10(11)12-14/h3-5,13-14H,2,6H2,1H3,(H2,11,12). The topological polar surface area (TPSA) is 78.8 Å². The van der Waals surface area contributed by atoms with Crippen LogP contribution in [0, 0.1) is 0 Å². The summed E-state index contributed by atoms with van der Waals surface area (Å²) in [4.78, 5) is 0. The van der Waals surface area contributed by atoms with Gasteiger partial charge in [-0.05, 0) is 18.1 Å². The Bertz CT molecular complexity index is 348. The van der Waals surface area contributed by atoms with Crippen LogP contribution in [-0.2, 0) is 12.8 Å². The normalized spacial score (nSPS) is 11.6. The summed E-state index contributed by atoms with van der Waals surface area (Å²) in [5.41, 5.74) is 7.15. The van der Waals surface area contributed by atoms with Crippen molar-refractivity contribution in [3.05, 3.63) is 29.3 Å². The molecule has 1 aromatic rings. The van der Waals surface area contributed by atoms with E-state index in [0.29, 0.717) is 5.56 Å². The molecule has 1 aromatic carbocycles. The third-order valence-electron chi connectivity index (χ3n) is 2.05. The first-order chi connectivity index (χ1) is 6.67. The quantitative estimate of drug-likeness (QED) is 0.293. The first-order valence-electron chi connectivity index (χ1n) is 4.44. The molecule has 4 nitrogen and oxygen atoms in total. The van der Waals surface area contributed by atoms with Crippen LogP contribution < -0.4 is 5.73 Å². The summed E-state index contributed by atoms with van der Waals surface area (Å²) < 4.78 is 0. The lowest BCUT2D eigenvalue weighted by Gasteiger charge is -2.05. The maximum atomic E-state index is 9.48. The first kappa shape index (κ1) is 10.4. The summed E-state index contributed by atoms with van der Waals surface area (Å²) in [7, 11) is 0. The van der Waals surface area contributed by atoms with Gasteiger partial charge in [0.2, 0.25) is 0 Å². The fourth-order valence-corrected chi connectivity index (χ4v) is 1.23. The van der Waals surface area contributed by atoms with Gasteiger partial charge in [-0.1, -0.05) is 24.2 Å². The highest BCUT2D eigenvalue weighted by Gasteiger charge is 2.04. The van der Waals surface area contributed by atoms with Crippen LogP contribution >= 0.6 is 0 Å². The SMILES string of the molecule is CCc1ccc(O)c(C/C(N)=N/O)c1. The van der Waals surface area contributed by atoms with Crippen molar-refractivity contribution >= 4 is 5.84 Å². The molecular formula is C10H14N2O2. The van der Waals surface area contributed by atoms with Gasteiger partial charge in [0.1, 0.15) is 11.6 Å². The number of amidine groups is 1. The van der Waals surface area contributed by atoms with Gasteiger partial charge < -0.3 is 16.0 Å². The van der Waals surface area contributed by atoms with Gasteiger partial charge >= 0.3 is 0 Å². The number of nitrogens with two attached hydrogens (primary N) is 1. The van der Waals surface area contributed by atoms with Gasteiger partial charge in [0, 0.05) is 12.0 Å². The van der Waals surface area contributed by atoms with E-state index in [0.717, 1.165) is 12.0 Å². The number of aromatic hydroxyl groups is 1. The molecule has 0 amide bonds. The molecule has 4 N–H and O–H groups in total. The van der Waals surface area contributed by atoms with Crippen molar-refractivity contribution in [1.29, 1.82) is 0 Å². The highest BCUT2D eigenvalue weighted by Crippen LogP contribution is 2.19. The number of oxime groups is 1. The van der Waals surface area contributed by atoms with Crippen LogP contribution in [0.15, 0.2) is 23.4 Å². The molecule has 0 radical (unpaired) electrons. The molecule has 1 rings (SSSR count). The summed E-state index contributed by atoms with van der Waals surface area (Å²) >= 11 is 0. The Labute approximate surface area is 82.7 Å². The van der Waals surface area contributed by atoms with E-state index < -0.39 is 0 Å². The smallest absolute Gasteiger partial charge is 0.143 e. The Morgan fingerprint density at radius 3 is 2.79 bits per heavy atom. The van der Waals surface area contributed by atoms with Gasteiger partial charge in [-0.25, -0.2) is 0 Å². The fraction of sp³-hybridized carbons (Fsp3) is 0.300. The largest absolute Gasteiger partial charge is 0.508 e. The number of hydrogen-bond donors (Lipinski definition) is 3. The number of hydrogen-bond acceptors (Lipinski definition) is 3. The lowest BCUT2D eigenvalue weighted by Crippen LogP contribution is -2.14. The van der Waals surface area contributed by atoms with Crippen molar-refractivity contribution in [2.24, 2.45) is 10.9 Å². The van der Waals surface area contributed by atoms with E-state index in [1.165, 1.54) is 0 Å². The van der Waals surface area contributed by atoms with Crippen LogP contribution in [0.25, 0.3) is 0 Å². The fourth-order valence-electron chi connectivity index (χ4n) is 1.23. The summed E-state index contributed by atoms with van der Waals surface area (Å²) in [5, 5.41) is 20.7. The molecule has 0 heterocycles. The Kier molecular flexibility index (Phi) is 3.34. The zero-order chi connectivity index (χ0) is 10.6. The summed E-state index contributed by atoms with van der Waals surface area (Å²) in [6.07, 6.45) is 1.15. The Balaban J connectivity index is 2.95. The van der Waals surface area contributed by atoms with Gasteiger partial charge in [0.05, 0.1) is 0 Å². The van der Waals surface area contributed by atoms with Gasteiger partial charge in [-0.3, -0.25) is 0 Å². The minimum Gasteiger partial charge on any atom is -0.508 e. The average molecular weight is 194 g/mol. The second-order valence-corrected chi connectivity index (χ2v) is 3.08. The van der Waals surface area contributed by atoms with Gasteiger partial charge in [-0.15, -0.1) is 0 Å². The van der Waals surface area contributed by atoms with Crippen LogP contribution in [0.4, 0.5) is 0 Å². The molecule has 4 heteroatoms. The first-order valence-corrected chi connectivity index (χ1v) is 4.44. The van der Waals surface area contributed by atoms with Crippen molar-refractivity contribution in [3.63, 3.8) is 0 Å². The molecular weight excluding hydrogens is 180 g/mol. The molecule has 0 saturated heterocycles. The zero-order valence-corrected chi connectivity index (χ0v) is 8.07. The molecule has 14 heavy (non-hydrogen) atoms. The van der Waals surface area contributed by atoms with Crippen LogP contribution in [-0.4, -0.2) is 16.1 Å². The molecule has 0 spiro atoms. The number of phenols is 1. The van der Waals surface area contributed by atoms with Crippen LogP contribution in [0.5, 0.6) is 5.75 Å². The molecule has 0 atom stereocenters. The number of nitrogens with zero attached hydrogens (tertiary/aromatic N) is 1. The molecule has 0 fully saturated rings. The third kappa shape index (κ3) is 2.39. The monoisotopic (exact) mass is 194 g/mol. The Hall–Kier alpha value is -1.71. The van der Waals surface area contributed by atoms with Crippen molar-refractivity contribution in [1.82, 2.24) is 0 Å². The number of rotatable bonds is 3. The lowest BCUT2D eigenvalue weighted by atomic mass is 10.1. The Morgan fingerprint density at radius 2 is 2.21 bits per heavy atom. The summed E-state index contributed by atoms with van der Waals surface area (Å²) in [5.74, 6) is 0.266. The molecule has 0 aliphatic carbocycles. The summed E-state index contributed by atoms with van der Waals surface area (Å²) in [6.45, 7) is 2.03. The molecule has 0 saturated carbocycles. The summed E-state index contributed by atoms with van der Waals surface area (Å²) in [6, 6.07) is 5.33. The maximum Gasteiger partial charge on any atom is 0.143 e. The van der Waals surface area contributed by atoms with Crippen LogP contribution in [0.2, 0.25) is 0 Å². The molecule has 0 aliphatic rings. The zero-order valence-electron chi connectivity index (χ0n) is 8.07. The maximum absolute atomic E-state index is 9.48. The number of aryl methyl sites for hydroxylation is 1. The molecule has 0 aromatic heterocycles. The minimum absolute atomic E-state index is 0.0913. The highest BCUT2D eigenvalue weighted by molar-refractivity contribution is 5.82. The highest BCUT2D eigenvalue weighted by atomic mass is 16.4. The van der Waals surface area contributed by atoms with Crippen LogP contribution in [0.1, 0.15) is 18.1 Å². The van der Waals surface area contributed by atoms with E-state index >= 15 is 0 Å². The number of benzene rings is 1. The van der Waals surface area contributed by atoms with Crippen molar-refractivity contribution in [2.75, 3.05) is 0 Å². The number of phenolic OH excluding ortho intramolecular Hbond substituents is 1. The average Bonchev–Trinajstić information content (AvgIpc) is 2.21. The van der Waals surface area contributed by atoms with Gasteiger partial charge in [0.25, 0.3) is 0 Å². The van der Waals surface area contributed by atoms with E-state index in [2.05, 4.69) is 5.16 Å². The van der Waals surface area contributed by atoms with Crippen LogP contribution in [0.3, 0.4) is 0 Å². The van der Waals surface area contributed by atoms with E-state index in [4.69, 9.17) is 10.9 Å². The third-order valence-corrected chi connectivity index (χ3v) is 2.05. The van der Waals surface area contributed by atoms with Crippen molar-refractivity contribution in [3.8, 4) is 5.75 Å². The molecule has 0 aliphatic heterocycles. The van der Waals surface area contributed by atoms with E-state index in [-0.39, 0.29) is 18.0 Å². The van der Waals surface area contributed by atoms with E-state index in [1.807, 2.05) is 19.1 Å². The molecule has 0 unspecified atom stereocenters. The minimum atomic E-state index is 0.0913. The second kappa shape index (κ2) is 4.50. The van der Waals surface area contributed by atoms with Crippen molar-refractivity contribution in [2.45, 2.75) is 19.8 Å². The van der Waals surface area contributed by atoms with Gasteiger partial charge in [-0.2, -0.15) is 0 Å². The second-order valence-electron chi connectivity index (χ2n) is 3.08. The Morgan fingerprint density at radius 1 is 1.50 bits per heavy atom. The van der Waals surface area contributed by atoms with E-state index in [9.17, 15) is 5.11 Å². The van der Waals surface area contributed by atoms with Gasteiger partial charge in [0.15, 0.2) is 0 Å². The molecule has 0 bridgehead atoms. The predicted octanol–water partition coefficient (Wildman–Crippen LogP) is 1.24. The lowest BCUT2D eigenvalue weighted by molar-refractivity contribution is 0.317. The molecule has 76 valence electrons.